The van der Waals surface area contributed by atoms with Gasteiger partial charge in [0, 0.05) is 47.5 Å². The molecule has 0 aromatic carbocycles. The summed E-state index contributed by atoms with van der Waals surface area (Å²) in [5, 5.41) is 99.2. The van der Waals surface area contributed by atoms with Crippen LogP contribution < -0.4 is 0 Å². The van der Waals surface area contributed by atoms with Gasteiger partial charge < -0.3 is 117 Å². The van der Waals surface area contributed by atoms with Crippen molar-refractivity contribution >= 4 is 11.9 Å². The maximum Gasteiger partial charge on any atom is 0.309 e. The van der Waals surface area contributed by atoms with Crippen molar-refractivity contribution in [1.82, 2.24) is 0 Å². The molecule has 0 spiro atoms. The summed E-state index contributed by atoms with van der Waals surface area (Å²) in [7, 11) is 4.70. The number of esters is 2. The van der Waals surface area contributed by atoms with E-state index in [1.807, 2.05) is 27.7 Å². The predicted octanol–water partition coefficient (Wildman–Crippen LogP) is 1.01. The monoisotopic (exact) mass is 1250 g/mol. The molecule has 9 N–H and O–H groups in total. The van der Waals surface area contributed by atoms with E-state index in [0.717, 1.165) is 32.1 Å². The van der Waals surface area contributed by atoms with Crippen LogP contribution >= 0.6 is 0 Å². The van der Waals surface area contributed by atoms with E-state index in [9.17, 15) is 55.5 Å². The number of aliphatic hydroxyl groups is 9. The number of carbonyl (C=O) groups excluding carboxylic acids is 2. The number of aliphatic hydroxyl groups excluding tert-OH is 7. The minimum absolute atomic E-state index is 0.00862. The van der Waals surface area contributed by atoms with Crippen molar-refractivity contribution in [2.45, 2.75) is 304 Å². The fraction of sp³-hybridized carbons (Fsp3) is 0.967. The number of fused-ring (bicyclic) bond motifs is 5. The molecule has 5 saturated heterocycles. The van der Waals surface area contributed by atoms with Crippen molar-refractivity contribution in [3.05, 3.63) is 0 Å². The third kappa shape index (κ3) is 13.1. The van der Waals surface area contributed by atoms with Crippen LogP contribution in [-0.2, 0) is 80.6 Å². The van der Waals surface area contributed by atoms with E-state index in [-0.39, 0.29) is 60.9 Å². The normalized spacial score (nSPS) is 50.9. The van der Waals surface area contributed by atoms with Gasteiger partial charge in [0.25, 0.3) is 0 Å². The van der Waals surface area contributed by atoms with Gasteiger partial charge in [-0.3, -0.25) is 9.59 Å². The second-order valence-corrected chi connectivity index (χ2v) is 26.9. The van der Waals surface area contributed by atoms with Gasteiger partial charge in [0.1, 0.15) is 85.0 Å². The molecule has 87 heavy (non-hydrogen) atoms. The van der Waals surface area contributed by atoms with Crippen molar-refractivity contribution < 1.29 is 127 Å². The maximum absolute atomic E-state index is 13.1. The summed E-state index contributed by atoms with van der Waals surface area (Å²) in [6.07, 6.45) is -19.4. The molecule has 9 aliphatic rings. The summed E-state index contributed by atoms with van der Waals surface area (Å²) in [6.45, 7) is 14.9. The molecule has 26 heteroatoms. The van der Waals surface area contributed by atoms with Gasteiger partial charge in [0.15, 0.2) is 31.5 Å². The van der Waals surface area contributed by atoms with Crippen LogP contribution in [0.15, 0.2) is 0 Å². The van der Waals surface area contributed by atoms with E-state index in [2.05, 4.69) is 6.92 Å². The first-order chi connectivity index (χ1) is 41.1. The molecule has 0 bridgehead atoms. The minimum Gasteiger partial charge on any atom is -0.462 e. The van der Waals surface area contributed by atoms with Crippen molar-refractivity contribution in [3.63, 3.8) is 0 Å². The zero-order chi connectivity index (χ0) is 63.4. The van der Waals surface area contributed by atoms with Crippen LogP contribution in [0, 0.1) is 34.5 Å². The Balaban J connectivity index is 0.765. The molecule has 0 amide bonds. The number of ether oxygens (including phenoxy) is 15. The molecule has 26 nitrogen and oxygen atoms in total. The molecule has 5 heterocycles. The average Bonchev–Trinajstić information content (AvgIpc) is 1.61. The zero-order valence-electron chi connectivity index (χ0n) is 52.6. The molecule has 9 rings (SSSR count). The third-order valence-corrected chi connectivity index (χ3v) is 22.3. The quantitative estimate of drug-likeness (QED) is 0.0607. The number of methoxy groups -OCH3 is 3. The summed E-state index contributed by atoms with van der Waals surface area (Å²) < 4.78 is 92.8. The van der Waals surface area contributed by atoms with Crippen LogP contribution in [0.25, 0.3) is 0 Å². The minimum atomic E-state index is -1.82. The Labute approximate surface area is 510 Å². The number of rotatable bonds is 20. The van der Waals surface area contributed by atoms with Gasteiger partial charge in [-0.2, -0.15) is 0 Å². The lowest BCUT2D eigenvalue weighted by atomic mass is 9.42. The molecule has 9 fully saturated rings. The Kier molecular flexibility index (Phi) is 22.3. The Bertz CT molecular complexity index is 2270. The van der Waals surface area contributed by atoms with Gasteiger partial charge in [-0.05, 0) is 109 Å². The molecule has 33 atom stereocenters. The summed E-state index contributed by atoms with van der Waals surface area (Å²) >= 11 is 0. The van der Waals surface area contributed by atoms with Crippen LogP contribution in [-0.4, -0.2) is 257 Å². The second-order valence-electron chi connectivity index (χ2n) is 26.9. The van der Waals surface area contributed by atoms with Gasteiger partial charge in [-0.25, -0.2) is 0 Å². The highest BCUT2D eigenvalue weighted by Gasteiger charge is 2.77. The molecule has 5 aliphatic heterocycles. The summed E-state index contributed by atoms with van der Waals surface area (Å²) in [4.78, 5) is 25.9. The van der Waals surface area contributed by atoms with Gasteiger partial charge in [-0.1, -0.05) is 27.7 Å². The van der Waals surface area contributed by atoms with E-state index in [4.69, 9.17) is 71.1 Å². The van der Waals surface area contributed by atoms with E-state index in [1.54, 1.807) is 35.0 Å². The van der Waals surface area contributed by atoms with Crippen molar-refractivity contribution in [3.8, 4) is 0 Å². The lowest BCUT2D eigenvalue weighted by Crippen LogP contribution is -2.72. The first-order valence-corrected chi connectivity index (χ1v) is 31.7. The van der Waals surface area contributed by atoms with Gasteiger partial charge in [-0.15, -0.1) is 0 Å². The summed E-state index contributed by atoms with van der Waals surface area (Å²) in [6, 6.07) is 0. The second kappa shape index (κ2) is 27.9. The van der Waals surface area contributed by atoms with Gasteiger partial charge in [0.2, 0.25) is 0 Å². The van der Waals surface area contributed by atoms with Crippen molar-refractivity contribution in [2.24, 2.45) is 34.5 Å². The number of carbonyl (C=O) groups is 2. The third-order valence-electron chi connectivity index (χ3n) is 22.3. The van der Waals surface area contributed by atoms with E-state index in [1.165, 1.54) is 14.0 Å². The summed E-state index contributed by atoms with van der Waals surface area (Å²) in [5.41, 5.74) is -4.54. The van der Waals surface area contributed by atoms with Crippen molar-refractivity contribution in [1.29, 1.82) is 0 Å². The highest BCUT2D eigenvalue weighted by Crippen LogP contribution is 2.71. The van der Waals surface area contributed by atoms with E-state index >= 15 is 0 Å². The van der Waals surface area contributed by atoms with Crippen LogP contribution in [0.5, 0.6) is 0 Å². The molecule has 0 aromatic rings. The average molecular weight is 1250 g/mol. The fourth-order valence-corrected chi connectivity index (χ4v) is 16.8. The van der Waals surface area contributed by atoms with Crippen LogP contribution in [0.2, 0.25) is 0 Å². The predicted molar refractivity (Wildman–Crippen MR) is 299 cm³/mol. The molecule has 4 saturated carbocycles. The molecular weight excluding hydrogens is 1150 g/mol. The van der Waals surface area contributed by atoms with Gasteiger partial charge >= 0.3 is 11.9 Å². The lowest BCUT2D eigenvalue weighted by molar-refractivity contribution is -0.376. The van der Waals surface area contributed by atoms with Crippen molar-refractivity contribution in [2.75, 3.05) is 34.5 Å². The van der Waals surface area contributed by atoms with E-state index < -0.39 is 189 Å². The largest absolute Gasteiger partial charge is 0.462 e. The molecule has 502 valence electrons. The standard InChI is InChI=1S/C61H102O26/c1-13-27(2)55(70)79-31(6)60(71)18-19-61(72)35-15-14-33-20-34(16-17-58(33,8)36(35)21-42(59(60,61)9)80-32(7)64)81-43-22-37(73-10)51(28(3)76-43)84-44-23-38(74-11)52(29(4)77-44)85-45-24-39(75-12)53(30(5)78-45)86-57-50(69)48(67)54(41(26-63)83-57)87-56-49(68)47(66)46(65)40(25-62)82-56/h27-31,33-54,56-57,62-63,65-69,71-72H,13-26H2,1-12H3/t27?,28-,29-,30-,31-,33+,34+,35-,36+,37+,38+,39-,40-,41-,42-,43+,44+,45+,46-,47+,48-,49-,50-,51-,52-,53-,54-,56+,57+,58+,59-,60-,61+/m1/s1. The van der Waals surface area contributed by atoms with Crippen LogP contribution in [0.4, 0.5) is 0 Å². The maximum atomic E-state index is 13.1. The highest BCUT2D eigenvalue weighted by atomic mass is 16.8. The van der Waals surface area contributed by atoms with E-state index in [0.29, 0.717) is 19.3 Å². The zero-order valence-corrected chi connectivity index (χ0v) is 52.6. The molecule has 1 unspecified atom stereocenters. The Morgan fingerprint density at radius 3 is 1.60 bits per heavy atom. The molecular formula is C61H102O26. The first kappa shape index (κ1) is 69.4. The Morgan fingerprint density at radius 2 is 1.08 bits per heavy atom. The number of hydrogen-bond donors (Lipinski definition) is 9. The molecule has 0 radical (unpaired) electrons. The van der Waals surface area contributed by atoms with Crippen LogP contribution in [0.1, 0.15) is 139 Å². The lowest BCUT2D eigenvalue weighted by Gasteiger charge is -2.66. The topological polar surface area (TPSA) is 355 Å². The smallest absolute Gasteiger partial charge is 0.309 e. The summed E-state index contributed by atoms with van der Waals surface area (Å²) in [5.74, 6) is -1.19. The number of hydrogen-bond acceptors (Lipinski definition) is 26. The first-order valence-electron chi connectivity index (χ1n) is 31.7. The van der Waals surface area contributed by atoms with Gasteiger partial charge in [0.05, 0.1) is 72.9 Å². The fourth-order valence-electron chi connectivity index (χ4n) is 16.8. The Morgan fingerprint density at radius 1 is 0.575 bits per heavy atom. The molecule has 4 aliphatic carbocycles. The van der Waals surface area contributed by atoms with Crippen LogP contribution in [0.3, 0.4) is 0 Å². The molecule has 0 aromatic heterocycles. The SMILES string of the molecule is CCC(C)C(=O)O[C@H](C)[C@]1(O)CC[C@]2(O)[C@@H]3CC[C@H]4C[C@@H](O[C@H]5C[C@H](OC)[C@H](O[C@H]6C[C@H](OC)[C@H](O[C@H]7C[C@@H](OC)[C@H](O[C@@H]8O[C@H](CO)[C@@H](O[C@@H]9O[C@H](CO)[C@@H](O)[C@H](O)[C@H]9O)[C@H](O)[C@H]8O)[C@@H](C)O7)[C@@H](C)O6)[C@@H](C)O5)CC[C@]4(C)[C@H]3C[C@@H](OC(C)=O)[C@]12C. The Hall–Kier alpha value is -1.94. The highest BCUT2D eigenvalue weighted by molar-refractivity contribution is 5.72.